The summed E-state index contributed by atoms with van der Waals surface area (Å²) in [6.45, 7) is 0.929. The van der Waals surface area contributed by atoms with Crippen molar-refractivity contribution in [1.29, 1.82) is 0 Å². The molecule has 11 nitrogen and oxygen atoms in total. The molecule has 3 N–H and O–H groups in total. The number of aromatic amines is 1. The van der Waals surface area contributed by atoms with E-state index < -0.39 is 37.4 Å². The Kier molecular flexibility index (Phi) is 6.16. The number of hydrogen-bond acceptors (Lipinski definition) is 8. The van der Waals surface area contributed by atoms with Crippen LogP contribution in [0.4, 0.5) is 34.1 Å². The van der Waals surface area contributed by atoms with Crippen LogP contribution in [-0.4, -0.2) is 61.4 Å². The minimum absolute atomic E-state index is 0.0293. The van der Waals surface area contributed by atoms with Gasteiger partial charge in [0.15, 0.2) is 23.7 Å². The molecule has 0 bridgehead atoms. The lowest BCUT2D eigenvalue weighted by Crippen LogP contribution is -2.39. The van der Waals surface area contributed by atoms with Crippen molar-refractivity contribution in [2.45, 2.75) is 56.7 Å². The number of imidazole rings is 1. The number of halogens is 5. The number of aromatic nitrogens is 5. The van der Waals surface area contributed by atoms with Crippen molar-refractivity contribution in [3.05, 3.63) is 34.9 Å². The number of fused-ring (bicyclic) bond motifs is 1. The average molecular weight is 534 g/mol. The molecule has 2 aliphatic rings. The lowest BCUT2D eigenvalue weighted by molar-refractivity contribution is -0.330. The number of anilines is 2. The maximum Gasteiger partial charge on any atom is 0.522 e. The molecule has 36 heavy (non-hydrogen) atoms. The molecule has 0 spiro atoms. The van der Waals surface area contributed by atoms with Gasteiger partial charge in [0, 0.05) is 17.8 Å². The van der Waals surface area contributed by atoms with Crippen LogP contribution in [0.25, 0.3) is 5.65 Å². The highest BCUT2D eigenvalue weighted by Gasteiger charge is 2.44. The van der Waals surface area contributed by atoms with Gasteiger partial charge < -0.3 is 20.1 Å². The number of alkyl halides is 4. The molecule has 16 heteroatoms. The Morgan fingerprint density at radius 3 is 2.92 bits per heavy atom. The third-order valence-electron chi connectivity index (χ3n) is 5.77. The second kappa shape index (κ2) is 9.05. The van der Waals surface area contributed by atoms with E-state index in [0.717, 1.165) is 12.8 Å². The Balaban J connectivity index is 1.26. The van der Waals surface area contributed by atoms with E-state index >= 15 is 0 Å². The fraction of sp³-hybridized carbons (Fsp3) is 0.500. The summed E-state index contributed by atoms with van der Waals surface area (Å²) in [4.78, 5) is 20.2. The smallest absolute Gasteiger partial charge is 0.441 e. The van der Waals surface area contributed by atoms with Crippen molar-refractivity contribution in [2.24, 2.45) is 0 Å². The molecule has 3 aromatic heterocycles. The van der Waals surface area contributed by atoms with Gasteiger partial charge >= 0.3 is 12.5 Å². The molecule has 1 aliphatic heterocycles. The molecule has 3 aromatic rings. The highest BCUT2D eigenvalue weighted by atomic mass is 35.5. The Morgan fingerprint density at radius 2 is 2.19 bits per heavy atom. The third kappa shape index (κ3) is 5.32. The van der Waals surface area contributed by atoms with E-state index in [9.17, 15) is 22.4 Å². The quantitative estimate of drug-likeness (QED) is 0.390. The van der Waals surface area contributed by atoms with Crippen LogP contribution >= 0.6 is 11.6 Å². The van der Waals surface area contributed by atoms with Crippen molar-refractivity contribution in [2.75, 3.05) is 11.9 Å². The van der Waals surface area contributed by atoms with E-state index in [1.54, 1.807) is 0 Å². The average Bonchev–Trinajstić information content (AvgIpc) is 3.16. The number of amides is 1. The molecule has 194 valence electrons. The summed E-state index contributed by atoms with van der Waals surface area (Å²) in [5.41, 5.74) is 0.0971. The first-order valence-corrected chi connectivity index (χ1v) is 11.2. The van der Waals surface area contributed by atoms with Crippen LogP contribution in [0.3, 0.4) is 0 Å². The van der Waals surface area contributed by atoms with E-state index in [1.807, 2.05) is 6.92 Å². The standard InChI is InChI=1S/C20H20ClF4N7O4/c1-19(2-3-19)29-18(33)36-12-8-34-15(14(12)22)11-4-13(31-30-11)28-17-26-5-10(21)16-27-9(6-32(16)17)7-35-20(23,24)25/h4-6,12,14-15H,2-3,7-8H2,1H3,(H,29,33)(H2,26,28,30,31)/t12-,14+,15-/m0/s1. The zero-order valence-corrected chi connectivity index (χ0v) is 19.4. The van der Waals surface area contributed by atoms with E-state index in [-0.39, 0.29) is 46.0 Å². The number of nitrogens with zero attached hydrogens (tertiary/aromatic N) is 4. The van der Waals surface area contributed by atoms with Crippen LogP contribution in [0.5, 0.6) is 0 Å². The molecule has 0 radical (unpaired) electrons. The molecule has 1 aliphatic carbocycles. The van der Waals surface area contributed by atoms with Gasteiger partial charge in [-0.1, -0.05) is 11.6 Å². The zero-order valence-electron chi connectivity index (χ0n) is 18.6. The van der Waals surface area contributed by atoms with Crippen LogP contribution in [-0.2, 0) is 20.8 Å². The lowest BCUT2D eigenvalue weighted by atomic mass is 10.1. The Hall–Kier alpha value is -3.17. The molecule has 4 heterocycles. The Labute approximate surface area is 205 Å². The fourth-order valence-corrected chi connectivity index (χ4v) is 3.82. The van der Waals surface area contributed by atoms with Gasteiger partial charge in [-0.25, -0.2) is 19.2 Å². The highest BCUT2D eigenvalue weighted by Crippen LogP contribution is 2.36. The maximum atomic E-state index is 15.0. The van der Waals surface area contributed by atoms with Crippen molar-refractivity contribution < 1.29 is 36.6 Å². The van der Waals surface area contributed by atoms with Crippen LogP contribution < -0.4 is 10.6 Å². The Morgan fingerprint density at radius 1 is 1.42 bits per heavy atom. The molecule has 2 fully saturated rings. The van der Waals surface area contributed by atoms with Gasteiger partial charge in [-0.2, -0.15) is 5.10 Å². The van der Waals surface area contributed by atoms with Crippen LogP contribution in [0.15, 0.2) is 18.5 Å². The molecule has 3 atom stereocenters. The lowest BCUT2D eigenvalue weighted by Gasteiger charge is -2.17. The van der Waals surface area contributed by atoms with Gasteiger partial charge in [-0.05, 0) is 19.8 Å². The number of hydrogen-bond donors (Lipinski definition) is 3. The summed E-state index contributed by atoms with van der Waals surface area (Å²) >= 11 is 6.07. The zero-order chi connectivity index (χ0) is 25.7. The topological polar surface area (TPSA) is 128 Å². The predicted molar refractivity (Wildman–Crippen MR) is 115 cm³/mol. The molecular weight excluding hydrogens is 514 g/mol. The first-order valence-electron chi connectivity index (χ1n) is 10.8. The van der Waals surface area contributed by atoms with E-state index in [2.05, 4.69) is 35.5 Å². The molecule has 0 unspecified atom stereocenters. The second-order valence-corrected chi connectivity index (χ2v) is 9.16. The molecule has 1 saturated carbocycles. The van der Waals surface area contributed by atoms with E-state index in [1.165, 1.54) is 22.9 Å². The first-order chi connectivity index (χ1) is 17.0. The number of rotatable bonds is 7. The van der Waals surface area contributed by atoms with Crippen LogP contribution in [0.2, 0.25) is 5.02 Å². The van der Waals surface area contributed by atoms with E-state index in [0.29, 0.717) is 0 Å². The van der Waals surface area contributed by atoms with Gasteiger partial charge in [0.25, 0.3) is 0 Å². The number of carbonyl (C=O) groups is 1. The second-order valence-electron chi connectivity index (χ2n) is 8.75. The molecular formula is C20H20ClF4N7O4. The number of nitrogens with one attached hydrogen (secondary N) is 3. The molecule has 5 rings (SSSR count). The van der Waals surface area contributed by atoms with Crippen molar-refractivity contribution in [3.63, 3.8) is 0 Å². The number of ether oxygens (including phenoxy) is 3. The normalized spacial score (nSPS) is 23.1. The number of carbonyl (C=O) groups excluding carboxylic acids is 1. The Bertz CT molecular complexity index is 1280. The molecule has 1 amide bonds. The van der Waals surface area contributed by atoms with Gasteiger partial charge in [-0.3, -0.25) is 14.2 Å². The fourth-order valence-electron chi connectivity index (χ4n) is 3.64. The van der Waals surface area contributed by atoms with Crippen LogP contribution in [0, 0.1) is 0 Å². The molecule has 0 aromatic carbocycles. The SMILES string of the molecule is CC1(NC(=O)O[C@H]2CO[C@@H](c3cc(Nc4ncc(Cl)c5nc(COC(F)(F)F)cn45)n[nH]3)[C@@H]2F)CC1. The summed E-state index contributed by atoms with van der Waals surface area (Å²) in [6, 6.07) is 1.47. The first kappa shape index (κ1) is 24.5. The van der Waals surface area contributed by atoms with Gasteiger partial charge in [0.05, 0.1) is 30.8 Å². The minimum atomic E-state index is -4.82. The summed E-state index contributed by atoms with van der Waals surface area (Å²) in [5, 5.41) is 12.4. The summed E-state index contributed by atoms with van der Waals surface area (Å²) < 4.78 is 67.9. The van der Waals surface area contributed by atoms with Crippen LogP contribution in [0.1, 0.15) is 37.3 Å². The van der Waals surface area contributed by atoms with Gasteiger partial charge in [0.2, 0.25) is 5.95 Å². The van der Waals surface area contributed by atoms with Crippen molar-refractivity contribution >= 4 is 35.1 Å². The molecule has 1 saturated heterocycles. The third-order valence-corrected chi connectivity index (χ3v) is 6.04. The van der Waals surface area contributed by atoms with E-state index in [4.69, 9.17) is 21.1 Å². The maximum absolute atomic E-state index is 15.0. The number of H-pyrrole nitrogens is 1. The number of alkyl carbamates (subject to hydrolysis) is 1. The van der Waals surface area contributed by atoms with Gasteiger partial charge in [-0.15, -0.1) is 13.2 Å². The summed E-state index contributed by atoms with van der Waals surface area (Å²) in [6.07, 6.45) is -5.07. The summed E-state index contributed by atoms with van der Waals surface area (Å²) in [7, 11) is 0. The highest BCUT2D eigenvalue weighted by molar-refractivity contribution is 6.33. The summed E-state index contributed by atoms with van der Waals surface area (Å²) in [5.74, 6) is 0.344. The monoisotopic (exact) mass is 533 g/mol. The minimum Gasteiger partial charge on any atom is -0.441 e. The largest absolute Gasteiger partial charge is 0.522 e. The van der Waals surface area contributed by atoms with Gasteiger partial charge in [0.1, 0.15) is 11.1 Å². The predicted octanol–water partition coefficient (Wildman–Crippen LogP) is 3.94. The van der Waals surface area contributed by atoms with Crippen molar-refractivity contribution in [1.82, 2.24) is 29.9 Å². The van der Waals surface area contributed by atoms with Crippen molar-refractivity contribution in [3.8, 4) is 0 Å².